The van der Waals surface area contributed by atoms with E-state index in [0.29, 0.717) is 13.2 Å². The number of unbranched alkanes of at least 4 members (excludes halogenated alkanes) is 23. The summed E-state index contributed by atoms with van der Waals surface area (Å²) < 4.78 is 10.4. The second kappa shape index (κ2) is 37.5. The number of allylic oxidation sites excluding steroid dienone is 6. The molecule has 0 atom stereocenters. The summed E-state index contributed by atoms with van der Waals surface area (Å²) in [7, 11) is 0. The van der Waals surface area contributed by atoms with Crippen LogP contribution in [0.5, 0.6) is 0 Å². The Kier molecular flexibility index (Phi) is 36.2. The molecule has 246 valence electrons. The smallest absolute Gasteiger partial charge is 0.434 e. The molecule has 0 saturated carbocycles. The molecule has 0 heterocycles. The molecule has 0 amide bonds. The molecule has 0 aliphatic rings. The Bertz CT molecular complexity index is 607. The number of ether oxygens (including phenoxy) is 2. The third-order valence-electron chi connectivity index (χ3n) is 7.98. The number of hydrogen-bond acceptors (Lipinski definition) is 3. The zero-order valence-corrected chi connectivity index (χ0v) is 28.4. The molecule has 0 radical (unpaired) electrons. The van der Waals surface area contributed by atoms with Gasteiger partial charge in [-0.15, -0.1) is 0 Å². The zero-order valence-electron chi connectivity index (χ0n) is 28.4. The molecular weight excluding hydrogens is 516 g/mol. The minimum atomic E-state index is -0.485. The summed E-state index contributed by atoms with van der Waals surface area (Å²) in [4.78, 5) is 11.7. The molecule has 0 saturated heterocycles. The maximum absolute atomic E-state index is 11.7. The Labute approximate surface area is 263 Å². The summed E-state index contributed by atoms with van der Waals surface area (Å²) in [6.07, 6.45) is 49.1. The van der Waals surface area contributed by atoms with Gasteiger partial charge in [-0.3, -0.25) is 0 Å². The van der Waals surface area contributed by atoms with E-state index >= 15 is 0 Å². The highest BCUT2D eigenvalue weighted by atomic mass is 16.7. The fraction of sp³-hybridized carbons (Fsp3) is 0.821. The summed E-state index contributed by atoms with van der Waals surface area (Å²) >= 11 is 0. The number of hydrogen-bond donors (Lipinski definition) is 0. The first-order chi connectivity index (χ1) is 20.8. The predicted molar refractivity (Wildman–Crippen MR) is 185 cm³/mol. The highest BCUT2D eigenvalue weighted by molar-refractivity contribution is 5.59. The predicted octanol–water partition coefficient (Wildman–Crippen LogP) is 13.8. The average molecular weight is 589 g/mol. The first-order valence-corrected chi connectivity index (χ1v) is 18.6. The van der Waals surface area contributed by atoms with Gasteiger partial charge in [0.1, 0.15) is 0 Å². The van der Waals surface area contributed by atoms with Crippen molar-refractivity contribution in [2.45, 2.75) is 194 Å². The quantitative estimate of drug-likeness (QED) is 0.0434. The summed E-state index contributed by atoms with van der Waals surface area (Å²) in [5, 5.41) is 0. The van der Waals surface area contributed by atoms with Crippen LogP contribution in [0, 0.1) is 0 Å². The summed E-state index contributed by atoms with van der Waals surface area (Å²) in [6.45, 7) is 5.44. The Morgan fingerprint density at radius 2 is 0.738 bits per heavy atom. The largest absolute Gasteiger partial charge is 0.508 e. The number of carbonyl (C=O) groups excluding carboxylic acids is 1. The summed E-state index contributed by atoms with van der Waals surface area (Å²) in [6, 6.07) is 0. The van der Waals surface area contributed by atoms with E-state index in [1.165, 1.54) is 135 Å². The van der Waals surface area contributed by atoms with Crippen LogP contribution in [0.1, 0.15) is 194 Å². The van der Waals surface area contributed by atoms with Crippen LogP contribution in [-0.4, -0.2) is 19.4 Å². The van der Waals surface area contributed by atoms with Crippen molar-refractivity contribution in [3.8, 4) is 0 Å². The third-order valence-corrected chi connectivity index (χ3v) is 7.98. The van der Waals surface area contributed by atoms with Crippen LogP contribution in [0.25, 0.3) is 0 Å². The highest BCUT2D eigenvalue weighted by Gasteiger charge is 2.03. The van der Waals surface area contributed by atoms with Gasteiger partial charge in [0.15, 0.2) is 0 Å². The molecule has 0 aromatic carbocycles. The lowest BCUT2D eigenvalue weighted by Crippen LogP contribution is -2.09. The van der Waals surface area contributed by atoms with Crippen LogP contribution in [-0.2, 0) is 9.47 Å². The zero-order chi connectivity index (χ0) is 30.4. The monoisotopic (exact) mass is 589 g/mol. The minimum Gasteiger partial charge on any atom is -0.434 e. The number of carbonyl (C=O) groups is 1. The molecule has 0 aliphatic heterocycles. The Morgan fingerprint density at radius 3 is 1.14 bits per heavy atom. The molecule has 0 unspecified atom stereocenters. The van der Waals surface area contributed by atoms with Gasteiger partial charge in [0.05, 0.1) is 13.2 Å². The standard InChI is InChI=1S/C39H72O3/c1-3-5-7-9-11-13-15-17-19-21-22-24-26-28-30-32-34-36-38-42-39(40)41-37-35-33-31-29-27-25-23-20-18-16-14-12-10-8-6-4-2/h6,8,12,14,18,20H,3-5,7,9-11,13,15-17,19,21-38H2,1-2H3. The normalized spacial score (nSPS) is 11.9. The molecule has 0 aromatic heterocycles. The lowest BCUT2D eigenvalue weighted by atomic mass is 10.0. The van der Waals surface area contributed by atoms with Crippen molar-refractivity contribution in [1.82, 2.24) is 0 Å². The topological polar surface area (TPSA) is 35.5 Å². The molecule has 0 N–H and O–H groups in total. The second-order valence-corrected chi connectivity index (χ2v) is 12.2. The molecule has 3 nitrogen and oxygen atoms in total. The molecule has 3 heteroatoms. The van der Waals surface area contributed by atoms with E-state index in [1.54, 1.807) is 0 Å². The van der Waals surface area contributed by atoms with Crippen LogP contribution in [0.15, 0.2) is 36.5 Å². The van der Waals surface area contributed by atoms with Crippen LogP contribution in [0.2, 0.25) is 0 Å². The van der Waals surface area contributed by atoms with Gasteiger partial charge in [-0.25, -0.2) is 4.79 Å². The van der Waals surface area contributed by atoms with Crippen LogP contribution in [0.3, 0.4) is 0 Å². The van der Waals surface area contributed by atoms with E-state index in [-0.39, 0.29) is 0 Å². The van der Waals surface area contributed by atoms with Crippen molar-refractivity contribution < 1.29 is 14.3 Å². The van der Waals surface area contributed by atoms with Gasteiger partial charge in [0, 0.05) is 0 Å². The van der Waals surface area contributed by atoms with Gasteiger partial charge >= 0.3 is 6.16 Å². The van der Waals surface area contributed by atoms with Crippen molar-refractivity contribution in [3.63, 3.8) is 0 Å². The molecular formula is C39H72O3. The van der Waals surface area contributed by atoms with Crippen LogP contribution in [0.4, 0.5) is 4.79 Å². The van der Waals surface area contributed by atoms with Crippen molar-refractivity contribution in [2.75, 3.05) is 13.2 Å². The lowest BCUT2D eigenvalue weighted by molar-refractivity contribution is 0.0529. The molecule has 0 aliphatic carbocycles. The third kappa shape index (κ3) is 36.5. The van der Waals surface area contributed by atoms with Gasteiger partial charge < -0.3 is 9.47 Å². The van der Waals surface area contributed by atoms with Crippen LogP contribution < -0.4 is 0 Å². The first kappa shape index (κ1) is 40.5. The van der Waals surface area contributed by atoms with Gasteiger partial charge in [-0.2, -0.15) is 0 Å². The number of rotatable bonds is 33. The maximum atomic E-state index is 11.7. The molecule has 0 fully saturated rings. The fourth-order valence-corrected chi connectivity index (χ4v) is 5.25. The molecule has 42 heavy (non-hydrogen) atoms. The maximum Gasteiger partial charge on any atom is 0.508 e. The van der Waals surface area contributed by atoms with Crippen molar-refractivity contribution >= 4 is 6.16 Å². The Hall–Kier alpha value is -1.51. The van der Waals surface area contributed by atoms with E-state index < -0.39 is 6.16 Å². The van der Waals surface area contributed by atoms with Crippen LogP contribution >= 0.6 is 0 Å². The van der Waals surface area contributed by atoms with Gasteiger partial charge in [0.2, 0.25) is 0 Å². The molecule has 0 spiro atoms. The van der Waals surface area contributed by atoms with E-state index in [0.717, 1.165) is 44.9 Å². The SMILES string of the molecule is CCC=CCC=CCC=CCCCCCCCCOC(=O)OCCCCCCCCCCCCCCCCCCCC. The van der Waals surface area contributed by atoms with E-state index in [2.05, 4.69) is 50.3 Å². The van der Waals surface area contributed by atoms with Crippen molar-refractivity contribution in [3.05, 3.63) is 36.5 Å². The summed E-state index contributed by atoms with van der Waals surface area (Å²) in [5.74, 6) is 0. The molecule has 0 rings (SSSR count). The lowest BCUT2D eigenvalue weighted by Gasteiger charge is -2.06. The second-order valence-electron chi connectivity index (χ2n) is 12.2. The molecule has 0 bridgehead atoms. The van der Waals surface area contributed by atoms with Gasteiger partial charge in [-0.05, 0) is 44.9 Å². The highest BCUT2D eigenvalue weighted by Crippen LogP contribution is 2.14. The van der Waals surface area contributed by atoms with E-state index in [9.17, 15) is 4.79 Å². The summed E-state index contributed by atoms with van der Waals surface area (Å²) in [5.41, 5.74) is 0. The Morgan fingerprint density at radius 1 is 0.405 bits per heavy atom. The average Bonchev–Trinajstić information content (AvgIpc) is 3.00. The molecule has 0 aromatic rings. The van der Waals surface area contributed by atoms with Crippen molar-refractivity contribution in [2.24, 2.45) is 0 Å². The van der Waals surface area contributed by atoms with Gasteiger partial charge in [0.25, 0.3) is 0 Å². The van der Waals surface area contributed by atoms with E-state index in [4.69, 9.17) is 9.47 Å². The van der Waals surface area contributed by atoms with Gasteiger partial charge in [-0.1, -0.05) is 185 Å². The van der Waals surface area contributed by atoms with E-state index in [1.807, 2.05) is 0 Å². The van der Waals surface area contributed by atoms with Crippen molar-refractivity contribution in [1.29, 1.82) is 0 Å². The Balaban J connectivity index is 3.21. The first-order valence-electron chi connectivity index (χ1n) is 18.6. The fourth-order valence-electron chi connectivity index (χ4n) is 5.25. The minimum absolute atomic E-state index is 0.485.